The van der Waals surface area contributed by atoms with Crippen molar-refractivity contribution < 1.29 is 18.3 Å². The molecule has 0 aliphatic carbocycles. The van der Waals surface area contributed by atoms with Crippen LogP contribution in [0.25, 0.3) is 0 Å². The Bertz CT molecular complexity index is 571. The first-order valence-electron chi connectivity index (χ1n) is 5.71. The van der Waals surface area contributed by atoms with Gasteiger partial charge in [-0.2, -0.15) is 13.2 Å². The number of alkyl halides is 3. The second-order valence-corrected chi connectivity index (χ2v) is 5.14. The summed E-state index contributed by atoms with van der Waals surface area (Å²) in [5, 5.41) is 14.7. The molecule has 1 heterocycles. The molecule has 1 atom stereocenters. The minimum atomic E-state index is -4.41. The number of aliphatic hydroxyl groups is 1. The molecule has 4 nitrogen and oxygen atoms in total. The predicted octanol–water partition coefficient (Wildman–Crippen LogP) is 2.70. The summed E-state index contributed by atoms with van der Waals surface area (Å²) in [6.45, 7) is -0.369. The second kappa shape index (κ2) is 5.84. The second-order valence-electron chi connectivity index (χ2n) is 4.07. The van der Waals surface area contributed by atoms with Gasteiger partial charge in [-0.3, -0.25) is 0 Å². The van der Waals surface area contributed by atoms with Crippen molar-refractivity contribution in [2.75, 3.05) is 0 Å². The van der Waals surface area contributed by atoms with E-state index in [0.29, 0.717) is 11.8 Å². The van der Waals surface area contributed by atoms with E-state index in [0.717, 1.165) is 0 Å². The van der Waals surface area contributed by atoms with E-state index in [-0.39, 0.29) is 23.2 Å². The third-order valence-electron chi connectivity index (χ3n) is 2.69. The molecule has 1 aromatic carbocycles. The van der Waals surface area contributed by atoms with Gasteiger partial charge in [-0.05, 0) is 5.56 Å². The molecule has 8 heteroatoms. The number of halogens is 3. The fourth-order valence-corrected chi connectivity index (χ4v) is 2.63. The highest BCUT2D eigenvalue weighted by molar-refractivity contribution is 7.99. The van der Waals surface area contributed by atoms with Crippen LogP contribution in [0.4, 0.5) is 13.2 Å². The van der Waals surface area contributed by atoms with Gasteiger partial charge in [-0.25, -0.2) is 0 Å². The number of aromatic nitrogens is 3. The molecule has 108 valence electrons. The van der Waals surface area contributed by atoms with Gasteiger partial charge in [0, 0.05) is 7.05 Å². The maximum Gasteiger partial charge on any atom is 0.404 e. The minimum absolute atomic E-state index is 0.111. The van der Waals surface area contributed by atoms with Crippen molar-refractivity contribution >= 4 is 11.8 Å². The maximum atomic E-state index is 13.2. The van der Waals surface area contributed by atoms with Gasteiger partial charge >= 0.3 is 6.18 Å². The number of hydrogen-bond acceptors (Lipinski definition) is 4. The zero-order valence-electron chi connectivity index (χ0n) is 10.5. The van der Waals surface area contributed by atoms with E-state index in [1.165, 1.54) is 23.7 Å². The molecule has 0 saturated carbocycles. The lowest BCUT2D eigenvalue weighted by molar-refractivity contribution is -0.129. The number of nitrogens with zero attached hydrogens (tertiary/aromatic N) is 3. The Morgan fingerprint density at radius 1 is 1.25 bits per heavy atom. The summed E-state index contributed by atoms with van der Waals surface area (Å²) in [6.07, 6.45) is -4.41. The number of aliphatic hydroxyl groups excluding tert-OH is 1. The third kappa shape index (κ3) is 3.13. The molecule has 0 aliphatic heterocycles. The first kappa shape index (κ1) is 14.9. The summed E-state index contributed by atoms with van der Waals surface area (Å²) in [5.74, 6) is 0.224. The lowest BCUT2D eigenvalue weighted by Gasteiger charge is -2.19. The van der Waals surface area contributed by atoms with Crippen molar-refractivity contribution in [3.63, 3.8) is 0 Å². The van der Waals surface area contributed by atoms with Crippen molar-refractivity contribution in [2.24, 2.45) is 7.05 Å². The van der Waals surface area contributed by atoms with Crippen LogP contribution in [-0.2, 0) is 13.7 Å². The highest BCUT2D eigenvalue weighted by Crippen LogP contribution is 2.45. The Hall–Kier alpha value is -1.54. The van der Waals surface area contributed by atoms with Crippen LogP contribution >= 0.6 is 11.8 Å². The first-order chi connectivity index (χ1) is 9.43. The molecule has 20 heavy (non-hydrogen) atoms. The molecule has 1 aromatic heterocycles. The van der Waals surface area contributed by atoms with E-state index in [1.807, 2.05) is 0 Å². The van der Waals surface area contributed by atoms with Crippen LogP contribution < -0.4 is 0 Å². The van der Waals surface area contributed by atoms with E-state index in [4.69, 9.17) is 5.11 Å². The Kier molecular flexibility index (Phi) is 4.34. The molecule has 0 saturated heterocycles. The first-order valence-corrected chi connectivity index (χ1v) is 6.59. The number of rotatable bonds is 4. The van der Waals surface area contributed by atoms with E-state index in [1.54, 1.807) is 18.2 Å². The largest absolute Gasteiger partial charge is 0.404 e. The van der Waals surface area contributed by atoms with Crippen molar-refractivity contribution in [1.82, 2.24) is 14.8 Å². The normalized spacial score (nSPS) is 13.4. The van der Waals surface area contributed by atoms with Crippen LogP contribution in [0, 0.1) is 0 Å². The van der Waals surface area contributed by atoms with Crippen LogP contribution in [0.3, 0.4) is 0 Å². The third-order valence-corrected chi connectivity index (χ3v) is 4.03. The SMILES string of the molecule is Cn1c(CO)nnc1SC(c1ccccc1)C(F)(F)F. The molecule has 0 fully saturated rings. The average Bonchev–Trinajstić information content (AvgIpc) is 2.76. The van der Waals surface area contributed by atoms with Crippen LogP contribution in [-0.4, -0.2) is 26.0 Å². The standard InChI is InChI=1S/C12H12F3N3OS/c1-18-9(7-19)16-17-11(18)20-10(12(13,14)15)8-5-3-2-4-6-8/h2-6,10,19H,7H2,1H3. The van der Waals surface area contributed by atoms with Crippen LogP contribution in [0.5, 0.6) is 0 Å². The number of benzene rings is 1. The summed E-state index contributed by atoms with van der Waals surface area (Å²) >= 11 is 0.565. The molecule has 0 radical (unpaired) electrons. The highest BCUT2D eigenvalue weighted by atomic mass is 32.2. The molecular weight excluding hydrogens is 291 g/mol. The maximum absolute atomic E-state index is 13.2. The molecule has 1 N–H and O–H groups in total. The molecule has 0 bridgehead atoms. The summed E-state index contributed by atoms with van der Waals surface area (Å²) < 4.78 is 40.9. The van der Waals surface area contributed by atoms with Gasteiger partial charge in [0.05, 0.1) is 0 Å². The molecule has 1 unspecified atom stereocenters. The monoisotopic (exact) mass is 303 g/mol. The Morgan fingerprint density at radius 3 is 2.40 bits per heavy atom. The zero-order chi connectivity index (χ0) is 14.8. The van der Waals surface area contributed by atoms with E-state index in [9.17, 15) is 13.2 Å². The van der Waals surface area contributed by atoms with Crippen LogP contribution in [0.15, 0.2) is 35.5 Å². The van der Waals surface area contributed by atoms with Crippen molar-refractivity contribution in [1.29, 1.82) is 0 Å². The van der Waals surface area contributed by atoms with Crippen LogP contribution in [0.1, 0.15) is 16.6 Å². The molecule has 2 aromatic rings. The summed E-state index contributed by atoms with van der Waals surface area (Å²) in [4.78, 5) is 0. The van der Waals surface area contributed by atoms with Crippen molar-refractivity contribution in [3.05, 3.63) is 41.7 Å². The quantitative estimate of drug-likeness (QED) is 0.882. The fraction of sp³-hybridized carbons (Fsp3) is 0.333. The predicted molar refractivity (Wildman–Crippen MR) is 68.0 cm³/mol. The molecule has 2 rings (SSSR count). The van der Waals surface area contributed by atoms with Gasteiger partial charge < -0.3 is 9.67 Å². The lowest BCUT2D eigenvalue weighted by atomic mass is 10.1. The summed E-state index contributed by atoms with van der Waals surface area (Å²) in [7, 11) is 1.52. The van der Waals surface area contributed by atoms with Gasteiger partial charge in [0.1, 0.15) is 11.9 Å². The van der Waals surface area contributed by atoms with Gasteiger partial charge in [0.25, 0.3) is 0 Å². The zero-order valence-corrected chi connectivity index (χ0v) is 11.3. The molecular formula is C12H12F3N3OS. The van der Waals surface area contributed by atoms with Gasteiger partial charge in [0.15, 0.2) is 11.0 Å². The smallest absolute Gasteiger partial charge is 0.388 e. The van der Waals surface area contributed by atoms with Gasteiger partial charge in [-0.1, -0.05) is 42.1 Å². The fourth-order valence-electron chi connectivity index (χ4n) is 1.64. The van der Waals surface area contributed by atoms with E-state index in [2.05, 4.69) is 10.2 Å². The van der Waals surface area contributed by atoms with E-state index < -0.39 is 11.4 Å². The van der Waals surface area contributed by atoms with E-state index >= 15 is 0 Å². The van der Waals surface area contributed by atoms with Gasteiger partial charge in [-0.15, -0.1) is 10.2 Å². The van der Waals surface area contributed by atoms with Crippen molar-refractivity contribution in [3.8, 4) is 0 Å². The average molecular weight is 303 g/mol. The molecule has 0 spiro atoms. The lowest BCUT2D eigenvalue weighted by Crippen LogP contribution is -2.18. The molecule has 0 aliphatic rings. The Morgan fingerprint density at radius 2 is 1.90 bits per heavy atom. The van der Waals surface area contributed by atoms with Crippen LogP contribution in [0.2, 0.25) is 0 Å². The topological polar surface area (TPSA) is 50.9 Å². The minimum Gasteiger partial charge on any atom is -0.388 e. The number of hydrogen-bond donors (Lipinski definition) is 1. The van der Waals surface area contributed by atoms with Crippen molar-refractivity contribution in [2.45, 2.75) is 23.2 Å². The summed E-state index contributed by atoms with van der Waals surface area (Å²) in [5.41, 5.74) is 0.151. The Balaban J connectivity index is 2.32. The highest BCUT2D eigenvalue weighted by Gasteiger charge is 2.42. The Labute approximate surface area is 117 Å². The summed E-state index contributed by atoms with van der Waals surface area (Å²) in [6, 6.07) is 7.63. The van der Waals surface area contributed by atoms with Gasteiger partial charge in [0.2, 0.25) is 0 Å². The number of thioether (sulfide) groups is 1. The molecule has 0 amide bonds.